The van der Waals surface area contributed by atoms with Crippen molar-refractivity contribution in [3.63, 3.8) is 0 Å². The Morgan fingerprint density at radius 2 is 1.61 bits per heavy atom. The predicted octanol–water partition coefficient (Wildman–Crippen LogP) is 2.63. The van der Waals surface area contributed by atoms with Crippen LogP contribution >= 0.6 is 0 Å². The second-order valence-electron chi connectivity index (χ2n) is 8.76. The third-order valence-corrected chi connectivity index (χ3v) is 8.36. The number of sulfonamides is 1. The Labute approximate surface area is 196 Å². The van der Waals surface area contributed by atoms with Gasteiger partial charge in [0.2, 0.25) is 10.0 Å². The number of benzene rings is 2. The lowest BCUT2D eigenvalue weighted by Crippen LogP contribution is -2.43. The quantitative estimate of drug-likeness (QED) is 0.567. The van der Waals surface area contributed by atoms with Crippen molar-refractivity contribution in [1.29, 1.82) is 0 Å². The van der Waals surface area contributed by atoms with Crippen LogP contribution in [0.15, 0.2) is 53.4 Å². The summed E-state index contributed by atoms with van der Waals surface area (Å²) in [6, 6.07) is 15.0. The van der Waals surface area contributed by atoms with Crippen molar-refractivity contribution in [2.24, 2.45) is 0 Å². The molecule has 1 N–H and O–H groups in total. The van der Waals surface area contributed by atoms with Gasteiger partial charge in [-0.15, -0.1) is 0 Å². The van der Waals surface area contributed by atoms with E-state index in [1.54, 1.807) is 24.3 Å². The van der Waals surface area contributed by atoms with Crippen molar-refractivity contribution >= 4 is 15.8 Å². The number of hydrogen-bond donors (Lipinski definition) is 1. The van der Waals surface area contributed by atoms with Gasteiger partial charge < -0.3 is 10.1 Å². The van der Waals surface area contributed by atoms with E-state index < -0.39 is 10.0 Å². The summed E-state index contributed by atoms with van der Waals surface area (Å²) in [6.07, 6.45) is 1.80. The molecule has 2 fully saturated rings. The molecule has 2 heterocycles. The Morgan fingerprint density at radius 1 is 0.970 bits per heavy atom. The summed E-state index contributed by atoms with van der Waals surface area (Å²) in [5.41, 5.74) is 2.96. The molecule has 0 saturated carbocycles. The molecule has 1 unspecified atom stereocenters. The number of ether oxygens (including phenoxy) is 1. The van der Waals surface area contributed by atoms with Crippen molar-refractivity contribution < 1.29 is 17.9 Å². The predicted molar refractivity (Wildman–Crippen MR) is 128 cm³/mol. The van der Waals surface area contributed by atoms with Crippen molar-refractivity contribution in [2.75, 3.05) is 52.5 Å². The second kappa shape index (κ2) is 10.9. The SMILES string of the molecule is Cc1ccc(C(CNCC(=O)c2ccc(S(=O)(=O)N3CCCC3)cc2)N2CCOCC2)cc1. The molecule has 2 aromatic rings. The zero-order valence-corrected chi connectivity index (χ0v) is 20.0. The van der Waals surface area contributed by atoms with E-state index in [0.717, 1.165) is 25.9 Å². The highest BCUT2D eigenvalue weighted by Gasteiger charge is 2.27. The van der Waals surface area contributed by atoms with Crippen LogP contribution in [0.5, 0.6) is 0 Å². The molecule has 0 bridgehead atoms. The van der Waals surface area contributed by atoms with Crippen molar-refractivity contribution in [3.8, 4) is 0 Å². The first-order valence-electron chi connectivity index (χ1n) is 11.7. The average molecular weight is 472 g/mol. The molecular weight excluding hydrogens is 438 g/mol. The second-order valence-corrected chi connectivity index (χ2v) is 10.7. The van der Waals surface area contributed by atoms with Gasteiger partial charge in [-0.3, -0.25) is 9.69 Å². The molecule has 178 valence electrons. The Bertz CT molecular complexity index is 1030. The van der Waals surface area contributed by atoms with Crippen LogP contribution in [0.2, 0.25) is 0 Å². The maximum atomic E-state index is 12.7. The molecule has 2 aliphatic heterocycles. The van der Waals surface area contributed by atoms with Crippen LogP contribution in [0.1, 0.15) is 40.4 Å². The third-order valence-electron chi connectivity index (χ3n) is 6.45. The molecule has 1 atom stereocenters. The lowest BCUT2D eigenvalue weighted by molar-refractivity contribution is 0.0162. The highest BCUT2D eigenvalue weighted by molar-refractivity contribution is 7.89. The average Bonchev–Trinajstić information content (AvgIpc) is 3.39. The Kier molecular flexibility index (Phi) is 7.93. The van der Waals surface area contributed by atoms with E-state index in [-0.39, 0.29) is 23.3 Å². The summed E-state index contributed by atoms with van der Waals surface area (Å²) >= 11 is 0. The largest absolute Gasteiger partial charge is 0.379 e. The lowest BCUT2D eigenvalue weighted by Gasteiger charge is -2.35. The van der Waals surface area contributed by atoms with E-state index in [2.05, 4.69) is 41.4 Å². The number of rotatable bonds is 9. The van der Waals surface area contributed by atoms with E-state index in [0.29, 0.717) is 38.4 Å². The molecule has 0 spiro atoms. The van der Waals surface area contributed by atoms with Crippen LogP contribution in [0.3, 0.4) is 0 Å². The van der Waals surface area contributed by atoms with Crippen LogP contribution in [0.25, 0.3) is 0 Å². The molecule has 2 aromatic carbocycles. The minimum atomic E-state index is -3.46. The van der Waals surface area contributed by atoms with E-state index in [9.17, 15) is 13.2 Å². The van der Waals surface area contributed by atoms with Gasteiger partial charge in [0, 0.05) is 44.3 Å². The minimum absolute atomic E-state index is 0.0512. The van der Waals surface area contributed by atoms with Gasteiger partial charge >= 0.3 is 0 Å². The molecule has 2 saturated heterocycles. The fourth-order valence-corrected chi connectivity index (χ4v) is 5.97. The van der Waals surface area contributed by atoms with E-state index in [4.69, 9.17) is 4.74 Å². The summed E-state index contributed by atoms with van der Waals surface area (Å²) < 4.78 is 32.4. The first-order chi connectivity index (χ1) is 15.9. The first-order valence-corrected chi connectivity index (χ1v) is 13.1. The van der Waals surface area contributed by atoms with Gasteiger partial charge in [-0.1, -0.05) is 42.0 Å². The maximum absolute atomic E-state index is 12.7. The number of carbonyl (C=O) groups is 1. The number of ketones is 1. The molecule has 0 radical (unpaired) electrons. The molecule has 0 aliphatic carbocycles. The molecule has 8 heteroatoms. The number of nitrogens with one attached hydrogen (secondary N) is 1. The van der Waals surface area contributed by atoms with Gasteiger partial charge in [0.25, 0.3) is 0 Å². The fourth-order valence-electron chi connectivity index (χ4n) is 4.45. The van der Waals surface area contributed by atoms with Gasteiger partial charge in [0.1, 0.15) is 0 Å². The monoisotopic (exact) mass is 471 g/mol. The zero-order valence-electron chi connectivity index (χ0n) is 19.2. The number of aryl methyl sites for hydroxylation is 1. The van der Waals surface area contributed by atoms with Gasteiger partial charge in [-0.05, 0) is 37.5 Å². The Balaban J connectivity index is 1.37. The number of hydrogen-bond acceptors (Lipinski definition) is 6. The summed E-state index contributed by atoms with van der Waals surface area (Å²) in [4.78, 5) is 15.4. The van der Waals surface area contributed by atoms with Gasteiger partial charge in [-0.25, -0.2) is 8.42 Å². The Morgan fingerprint density at radius 3 is 2.24 bits per heavy atom. The highest BCUT2D eigenvalue weighted by atomic mass is 32.2. The van der Waals surface area contributed by atoms with E-state index >= 15 is 0 Å². The summed E-state index contributed by atoms with van der Waals surface area (Å²) in [5.74, 6) is -0.0512. The molecule has 2 aliphatic rings. The Hall–Kier alpha value is -2.10. The smallest absolute Gasteiger partial charge is 0.243 e. The molecular formula is C25H33N3O4S. The van der Waals surface area contributed by atoms with Crippen LogP contribution < -0.4 is 5.32 Å². The molecule has 0 amide bonds. The van der Waals surface area contributed by atoms with Crippen molar-refractivity contribution in [3.05, 3.63) is 65.2 Å². The van der Waals surface area contributed by atoms with Crippen molar-refractivity contribution in [1.82, 2.24) is 14.5 Å². The lowest BCUT2D eigenvalue weighted by atomic mass is 10.0. The molecule has 4 rings (SSSR count). The first kappa shape index (κ1) is 24.0. The van der Waals surface area contributed by atoms with Crippen LogP contribution in [-0.2, 0) is 14.8 Å². The summed E-state index contributed by atoms with van der Waals surface area (Å²) in [5, 5.41) is 3.33. The van der Waals surface area contributed by atoms with Crippen molar-refractivity contribution in [2.45, 2.75) is 30.7 Å². The third kappa shape index (κ3) is 5.88. The van der Waals surface area contributed by atoms with Crippen LogP contribution in [0.4, 0.5) is 0 Å². The van der Waals surface area contributed by atoms with Gasteiger partial charge in [0.05, 0.1) is 24.7 Å². The van der Waals surface area contributed by atoms with Crippen LogP contribution in [0, 0.1) is 6.92 Å². The number of nitrogens with zero attached hydrogens (tertiary/aromatic N) is 2. The zero-order chi connectivity index (χ0) is 23.3. The summed E-state index contributed by atoms with van der Waals surface area (Å²) in [6.45, 7) is 7.22. The number of Topliss-reactive ketones (excluding diaryl/α,β-unsaturated/α-hetero) is 1. The number of morpholine rings is 1. The van der Waals surface area contributed by atoms with Gasteiger partial charge in [-0.2, -0.15) is 4.31 Å². The minimum Gasteiger partial charge on any atom is -0.379 e. The van der Waals surface area contributed by atoms with Gasteiger partial charge in [0.15, 0.2) is 5.78 Å². The normalized spacial score (nSPS) is 18.9. The standard InChI is InChI=1S/C25H33N3O4S/c1-20-4-6-21(7-5-20)24(27-14-16-32-17-15-27)18-26-19-25(29)22-8-10-23(11-9-22)33(30,31)28-12-2-3-13-28/h4-11,24,26H,2-3,12-19H2,1H3. The van der Waals surface area contributed by atoms with E-state index in [1.165, 1.54) is 15.4 Å². The van der Waals surface area contributed by atoms with Crippen LogP contribution in [-0.4, -0.2) is 75.9 Å². The molecule has 0 aromatic heterocycles. The fraction of sp³-hybridized carbons (Fsp3) is 0.480. The molecule has 7 nitrogen and oxygen atoms in total. The van der Waals surface area contributed by atoms with E-state index in [1.807, 2.05) is 0 Å². The highest BCUT2D eigenvalue weighted by Crippen LogP contribution is 2.23. The molecule has 33 heavy (non-hydrogen) atoms. The topological polar surface area (TPSA) is 79.0 Å². The number of carbonyl (C=O) groups excluding carboxylic acids is 1. The summed E-state index contributed by atoms with van der Waals surface area (Å²) in [7, 11) is -3.46. The maximum Gasteiger partial charge on any atom is 0.243 e.